The summed E-state index contributed by atoms with van der Waals surface area (Å²) in [5.74, 6) is 0.332. The molecule has 5 heteroatoms. The number of methoxy groups -OCH3 is 2. The number of hydrogen-bond donors (Lipinski definition) is 1. The van der Waals surface area contributed by atoms with Crippen LogP contribution in [0.25, 0.3) is 0 Å². The highest BCUT2D eigenvalue weighted by molar-refractivity contribution is 5.48. The van der Waals surface area contributed by atoms with Crippen molar-refractivity contribution in [1.82, 2.24) is 0 Å². The predicted octanol–water partition coefficient (Wildman–Crippen LogP) is 4.37. The fourth-order valence-corrected chi connectivity index (χ4v) is 2.31. The van der Waals surface area contributed by atoms with Crippen LogP contribution in [0, 0.1) is 11.6 Å². The normalized spacial score (nSPS) is 11.2. The van der Waals surface area contributed by atoms with Gasteiger partial charge in [0.05, 0.1) is 19.9 Å². The molecule has 0 aliphatic heterocycles. The van der Waals surface area contributed by atoms with Gasteiger partial charge in [0.25, 0.3) is 0 Å². The van der Waals surface area contributed by atoms with E-state index in [-0.39, 0.29) is 11.1 Å². The average Bonchev–Trinajstić information content (AvgIpc) is 2.55. The Kier molecular flexibility index (Phi) is 5.08. The number of hydrogen-bond acceptors (Lipinski definition) is 3. The van der Waals surface area contributed by atoms with Crippen LogP contribution in [0.2, 0.25) is 0 Å². The molecule has 1 N–H and O–H groups in total. The van der Waals surface area contributed by atoms with E-state index >= 15 is 0 Å². The van der Waals surface area contributed by atoms with Gasteiger partial charge >= 0.3 is 0 Å². The lowest BCUT2D eigenvalue weighted by Gasteiger charge is -2.27. The average molecular weight is 321 g/mol. The van der Waals surface area contributed by atoms with Gasteiger partial charge in [-0.15, -0.1) is 0 Å². The highest BCUT2D eigenvalue weighted by Crippen LogP contribution is 2.33. The molecule has 0 aromatic heterocycles. The van der Waals surface area contributed by atoms with Crippen molar-refractivity contribution in [1.29, 1.82) is 0 Å². The van der Waals surface area contributed by atoms with Crippen LogP contribution in [-0.2, 0) is 5.41 Å². The lowest BCUT2D eigenvalue weighted by atomic mass is 9.84. The van der Waals surface area contributed by atoms with Crippen molar-refractivity contribution in [3.05, 3.63) is 53.6 Å². The third-order valence-corrected chi connectivity index (χ3v) is 3.81. The molecule has 0 bridgehead atoms. The van der Waals surface area contributed by atoms with Crippen molar-refractivity contribution in [2.75, 3.05) is 26.1 Å². The zero-order chi connectivity index (χ0) is 17.0. The second-order valence-corrected chi connectivity index (χ2v) is 5.93. The van der Waals surface area contributed by atoms with Crippen LogP contribution in [-0.4, -0.2) is 20.8 Å². The highest BCUT2D eigenvalue weighted by atomic mass is 19.1. The summed E-state index contributed by atoms with van der Waals surface area (Å²) >= 11 is 0. The Hall–Kier alpha value is -2.30. The Labute approximate surface area is 135 Å². The van der Waals surface area contributed by atoms with Crippen molar-refractivity contribution >= 4 is 5.69 Å². The molecular formula is C18H21F2NO2. The summed E-state index contributed by atoms with van der Waals surface area (Å²) in [6.07, 6.45) is 0. The Balaban J connectivity index is 2.19. The fourth-order valence-electron chi connectivity index (χ4n) is 2.31. The molecule has 0 unspecified atom stereocenters. The molecule has 0 heterocycles. The zero-order valence-electron chi connectivity index (χ0n) is 13.7. The van der Waals surface area contributed by atoms with Crippen LogP contribution in [0.15, 0.2) is 36.4 Å². The molecule has 2 aromatic carbocycles. The van der Waals surface area contributed by atoms with Gasteiger partial charge in [-0.3, -0.25) is 0 Å². The Morgan fingerprint density at radius 3 is 2.30 bits per heavy atom. The molecule has 0 spiro atoms. The lowest BCUT2D eigenvalue weighted by molar-refractivity contribution is 0.353. The SMILES string of the molecule is COc1ccc(C(C)(C)CNc2cc(F)ccc2F)cc1OC. The van der Waals surface area contributed by atoms with Gasteiger partial charge in [-0.05, 0) is 35.9 Å². The molecular weight excluding hydrogens is 300 g/mol. The Morgan fingerprint density at radius 2 is 1.65 bits per heavy atom. The minimum Gasteiger partial charge on any atom is -0.493 e. The number of nitrogens with one attached hydrogen (secondary N) is 1. The molecule has 124 valence electrons. The van der Waals surface area contributed by atoms with Crippen molar-refractivity contribution in [2.45, 2.75) is 19.3 Å². The third-order valence-electron chi connectivity index (χ3n) is 3.81. The van der Waals surface area contributed by atoms with Crippen LogP contribution in [0.3, 0.4) is 0 Å². The van der Waals surface area contributed by atoms with Gasteiger partial charge < -0.3 is 14.8 Å². The number of halogens is 2. The number of anilines is 1. The molecule has 3 nitrogen and oxygen atoms in total. The van der Waals surface area contributed by atoms with E-state index in [0.29, 0.717) is 18.0 Å². The topological polar surface area (TPSA) is 30.5 Å². The van der Waals surface area contributed by atoms with Crippen LogP contribution in [0.4, 0.5) is 14.5 Å². The smallest absolute Gasteiger partial charge is 0.161 e. The molecule has 0 fully saturated rings. The fraction of sp³-hybridized carbons (Fsp3) is 0.333. The largest absolute Gasteiger partial charge is 0.493 e. The van der Waals surface area contributed by atoms with Crippen molar-refractivity contribution in [3.8, 4) is 11.5 Å². The van der Waals surface area contributed by atoms with Crippen LogP contribution < -0.4 is 14.8 Å². The molecule has 0 atom stereocenters. The summed E-state index contributed by atoms with van der Waals surface area (Å²) in [6.45, 7) is 4.46. The summed E-state index contributed by atoms with van der Waals surface area (Å²) in [5.41, 5.74) is 0.830. The second-order valence-electron chi connectivity index (χ2n) is 5.93. The maximum absolute atomic E-state index is 13.7. The van der Waals surface area contributed by atoms with Gasteiger partial charge in [0.1, 0.15) is 11.6 Å². The number of benzene rings is 2. The lowest BCUT2D eigenvalue weighted by Crippen LogP contribution is -2.28. The molecule has 0 amide bonds. The van der Waals surface area contributed by atoms with E-state index in [1.54, 1.807) is 14.2 Å². The van der Waals surface area contributed by atoms with Gasteiger partial charge in [-0.2, -0.15) is 0 Å². The summed E-state index contributed by atoms with van der Waals surface area (Å²) in [5, 5.41) is 2.97. The molecule has 2 aromatic rings. The highest BCUT2D eigenvalue weighted by Gasteiger charge is 2.22. The van der Waals surface area contributed by atoms with E-state index in [0.717, 1.165) is 23.8 Å². The first kappa shape index (κ1) is 17.1. The van der Waals surface area contributed by atoms with Crippen LogP contribution >= 0.6 is 0 Å². The third kappa shape index (κ3) is 3.92. The van der Waals surface area contributed by atoms with Crippen LogP contribution in [0.5, 0.6) is 11.5 Å². The zero-order valence-corrected chi connectivity index (χ0v) is 13.7. The molecule has 0 saturated heterocycles. The van der Waals surface area contributed by atoms with Gasteiger partial charge in [0, 0.05) is 12.0 Å². The van der Waals surface area contributed by atoms with Gasteiger partial charge in [-0.25, -0.2) is 8.78 Å². The maximum Gasteiger partial charge on any atom is 0.161 e. The quantitative estimate of drug-likeness (QED) is 0.857. The monoisotopic (exact) mass is 321 g/mol. The summed E-state index contributed by atoms with van der Waals surface area (Å²) in [6, 6.07) is 9.02. The first-order chi connectivity index (χ1) is 10.9. The van der Waals surface area contributed by atoms with E-state index in [1.165, 1.54) is 0 Å². The molecule has 0 aliphatic carbocycles. The van der Waals surface area contributed by atoms with Gasteiger partial charge in [0.2, 0.25) is 0 Å². The first-order valence-electron chi connectivity index (χ1n) is 7.29. The molecule has 23 heavy (non-hydrogen) atoms. The predicted molar refractivity (Wildman–Crippen MR) is 87.4 cm³/mol. The first-order valence-corrected chi connectivity index (χ1v) is 7.29. The van der Waals surface area contributed by atoms with Crippen molar-refractivity contribution < 1.29 is 18.3 Å². The van der Waals surface area contributed by atoms with E-state index in [1.807, 2.05) is 32.0 Å². The van der Waals surface area contributed by atoms with Crippen molar-refractivity contribution in [2.24, 2.45) is 0 Å². The van der Waals surface area contributed by atoms with Gasteiger partial charge in [-0.1, -0.05) is 19.9 Å². The minimum absolute atomic E-state index is 0.151. The molecule has 0 saturated carbocycles. The van der Waals surface area contributed by atoms with E-state index in [9.17, 15) is 8.78 Å². The second kappa shape index (κ2) is 6.86. The molecule has 0 radical (unpaired) electrons. The van der Waals surface area contributed by atoms with E-state index < -0.39 is 11.6 Å². The van der Waals surface area contributed by atoms with E-state index in [4.69, 9.17) is 9.47 Å². The number of ether oxygens (including phenoxy) is 2. The summed E-state index contributed by atoms with van der Waals surface area (Å²) < 4.78 is 37.5. The summed E-state index contributed by atoms with van der Waals surface area (Å²) in [4.78, 5) is 0. The van der Waals surface area contributed by atoms with Crippen molar-refractivity contribution in [3.63, 3.8) is 0 Å². The minimum atomic E-state index is -0.477. The molecule has 0 aliphatic rings. The maximum atomic E-state index is 13.7. The molecule has 2 rings (SSSR count). The number of rotatable bonds is 6. The summed E-state index contributed by atoms with van der Waals surface area (Å²) in [7, 11) is 3.16. The Bertz CT molecular complexity index is 687. The van der Waals surface area contributed by atoms with E-state index in [2.05, 4.69) is 5.32 Å². The van der Waals surface area contributed by atoms with Gasteiger partial charge in [0.15, 0.2) is 11.5 Å². The van der Waals surface area contributed by atoms with Crippen LogP contribution in [0.1, 0.15) is 19.4 Å². The standard InChI is InChI=1S/C18H21F2NO2/c1-18(2,11-21-15-10-13(19)6-7-14(15)20)12-5-8-16(22-3)17(9-12)23-4/h5-10,21H,11H2,1-4H3. The Morgan fingerprint density at radius 1 is 0.957 bits per heavy atom.